The van der Waals surface area contributed by atoms with E-state index < -0.39 is 0 Å². The van der Waals surface area contributed by atoms with Gasteiger partial charge in [-0.05, 0) is 50.8 Å². The van der Waals surface area contributed by atoms with Crippen molar-refractivity contribution in [1.82, 2.24) is 4.90 Å². The van der Waals surface area contributed by atoms with Crippen molar-refractivity contribution in [2.45, 2.75) is 57.8 Å². The average Bonchev–Trinajstić information content (AvgIpc) is 3.22. The van der Waals surface area contributed by atoms with Gasteiger partial charge in [-0.3, -0.25) is 4.79 Å². The number of carbonyl (C=O) groups excluding carboxylic acids is 1. The zero-order chi connectivity index (χ0) is 17.4. The van der Waals surface area contributed by atoms with Gasteiger partial charge in [-0.15, -0.1) is 0 Å². The Morgan fingerprint density at radius 3 is 2.92 bits per heavy atom. The second kappa shape index (κ2) is 6.20. The van der Waals surface area contributed by atoms with Crippen LogP contribution in [0.15, 0.2) is 47.7 Å². The zero-order valence-electron chi connectivity index (χ0n) is 14.8. The second-order valence-corrected chi connectivity index (χ2v) is 7.44. The van der Waals surface area contributed by atoms with Gasteiger partial charge in [-0.25, -0.2) is 0 Å². The van der Waals surface area contributed by atoms with Gasteiger partial charge in [-0.2, -0.15) is 0 Å². The van der Waals surface area contributed by atoms with E-state index in [0.29, 0.717) is 13.0 Å². The summed E-state index contributed by atoms with van der Waals surface area (Å²) in [5.41, 5.74) is 4.12. The number of rotatable bonds is 3. The van der Waals surface area contributed by atoms with Crippen molar-refractivity contribution >= 4 is 5.91 Å². The normalized spacial score (nSPS) is 23.0. The Morgan fingerprint density at radius 2 is 2.12 bits per heavy atom. The summed E-state index contributed by atoms with van der Waals surface area (Å²) in [5, 5.41) is 0. The third-order valence-electron chi connectivity index (χ3n) is 5.22. The van der Waals surface area contributed by atoms with Crippen molar-refractivity contribution in [2.75, 3.05) is 0 Å². The maximum Gasteiger partial charge on any atom is 0.227 e. The van der Waals surface area contributed by atoms with E-state index in [2.05, 4.69) is 43.9 Å². The van der Waals surface area contributed by atoms with Crippen LogP contribution >= 0.6 is 0 Å². The first kappa shape index (κ1) is 16.2. The molecule has 1 fully saturated rings. The molecule has 2 aliphatic heterocycles. The molecule has 1 atom stereocenters. The molecule has 0 aromatic heterocycles. The van der Waals surface area contributed by atoms with Gasteiger partial charge in [0.15, 0.2) is 0 Å². The number of benzene rings is 1. The van der Waals surface area contributed by atoms with Gasteiger partial charge in [0.1, 0.15) is 0 Å². The highest BCUT2D eigenvalue weighted by Gasteiger charge is 2.47. The SMILES string of the molecule is CC1(C)OC1CCC(=O)N1Cc2ccccc2C#CC2=C1C=CCC2. The van der Waals surface area contributed by atoms with E-state index in [4.69, 9.17) is 4.74 Å². The molecule has 0 saturated carbocycles. The van der Waals surface area contributed by atoms with E-state index in [1.54, 1.807) is 0 Å². The summed E-state index contributed by atoms with van der Waals surface area (Å²) < 4.78 is 5.63. The summed E-state index contributed by atoms with van der Waals surface area (Å²) in [7, 11) is 0. The highest BCUT2D eigenvalue weighted by Crippen LogP contribution is 2.38. The second-order valence-electron chi connectivity index (χ2n) is 7.44. The molecule has 3 heteroatoms. The van der Waals surface area contributed by atoms with E-state index in [1.807, 2.05) is 23.1 Å². The van der Waals surface area contributed by atoms with Crippen LogP contribution in [0.3, 0.4) is 0 Å². The largest absolute Gasteiger partial charge is 0.367 e. The molecule has 0 bridgehead atoms. The number of allylic oxidation sites excluding steroid dienone is 3. The monoisotopic (exact) mass is 333 g/mol. The van der Waals surface area contributed by atoms with Crippen LogP contribution in [0.1, 0.15) is 50.7 Å². The Hall–Kier alpha value is -2.31. The number of nitrogens with zero attached hydrogens (tertiary/aromatic N) is 1. The predicted octanol–water partition coefficient (Wildman–Crippen LogP) is 3.94. The van der Waals surface area contributed by atoms with Crippen LogP contribution in [0.25, 0.3) is 0 Å². The fourth-order valence-electron chi connectivity index (χ4n) is 3.56. The predicted molar refractivity (Wildman–Crippen MR) is 97.5 cm³/mol. The Bertz CT molecular complexity index is 835. The Labute approximate surface area is 149 Å². The number of carbonyl (C=O) groups is 1. The molecule has 0 radical (unpaired) electrons. The molecular formula is C22H23NO2. The van der Waals surface area contributed by atoms with Crippen LogP contribution in [-0.2, 0) is 16.1 Å². The van der Waals surface area contributed by atoms with Gasteiger partial charge >= 0.3 is 0 Å². The van der Waals surface area contributed by atoms with Gasteiger partial charge in [0.2, 0.25) is 5.91 Å². The minimum atomic E-state index is -0.0657. The van der Waals surface area contributed by atoms with Crippen LogP contribution in [0.2, 0.25) is 0 Å². The standard InChI is InChI=1S/C22H23NO2/c1-22(2)20(25-22)13-14-21(24)23-15-18-9-4-3-7-16(18)11-12-17-8-5-6-10-19(17)23/h3-4,6-7,9-10,20H,5,8,13-15H2,1-2H3. The topological polar surface area (TPSA) is 32.8 Å². The highest BCUT2D eigenvalue weighted by molar-refractivity contribution is 5.79. The van der Waals surface area contributed by atoms with Gasteiger partial charge in [0.25, 0.3) is 0 Å². The van der Waals surface area contributed by atoms with E-state index in [-0.39, 0.29) is 17.6 Å². The first-order chi connectivity index (χ1) is 12.0. The highest BCUT2D eigenvalue weighted by atomic mass is 16.6. The van der Waals surface area contributed by atoms with E-state index in [9.17, 15) is 4.79 Å². The van der Waals surface area contributed by atoms with E-state index in [0.717, 1.165) is 41.7 Å². The summed E-state index contributed by atoms with van der Waals surface area (Å²) in [6.07, 6.45) is 7.59. The summed E-state index contributed by atoms with van der Waals surface area (Å²) >= 11 is 0. The van der Waals surface area contributed by atoms with Crippen molar-refractivity contribution in [2.24, 2.45) is 0 Å². The molecule has 1 aromatic carbocycles. The quantitative estimate of drug-likeness (QED) is 0.620. The summed E-state index contributed by atoms with van der Waals surface area (Å²) in [5.74, 6) is 6.77. The first-order valence-corrected chi connectivity index (χ1v) is 9.02. The van der Waals surface area contributed by atoms with E-state index >= 15 is 0 Å². The van der Waals surface area contributed by atoms with Gasteiger partial charge in [0, 0.05) is 17.6 Å². The number of fused-ring (bicyclic) bond motifs is 1. The third-order valence-corrected chi connectivity index (χ3v) is 5.22. The number of epoxide rings is 1. The molecule has 0 N–H and O–H groups in total. The molecule has 1 aliphatic carbocycles. The molecular weight excluding hydrogens is 310 g/mol. The van der Waals surface area contributed by atoms with Gasteiger partial charge in [-0.1, -0.05) is 36.1 Å². The molecule has 1 saturated heterocycles. The van der Waals surface area contributed by atoms with Crippen molar-refractivity contribution in [1.29, 1.82) is 0 Å². The lowest BCUT2D eigenvalue weighted by molar-refractivity contribution is -0.129. The minimum absolute atomic E-state index is 0.0657. The summed E-state index contributed by atoms with van der Waals surface area (Å²) in [4.78, 5) is 14.9. The Balaban J connectivity index is 1.62. The number of ether oxygens (including phenoxy) is 1. The summed E-state index contributed by atoms with van der Waals surface area (Å²) in [6, 6.07) is 8.12. The molecule has 25 heavy (non-hydrogen) atoms. The van der Waals surface area contributed by atoms with Crippen molar-refractivity contribution in [3.8, 4) is 11.8 Å². The van der Waals surface area contributed by atoms with Crippen molar-refractivity contribution < 1.29 is 9.53 Å². The van der Waals surface area contributed by atoms with Crippen LogP contribution in [-0.4, -0.2) is 22.5 Å². The van der Waals surface area contributed by atoms with Crippen molar-refractivity contribution in [3.63, 3.8) is 0 Å². The number of amides is 1. The Morgan fingerprint density at radius 1 is 1.32 bits per heavy atom. The van der Waals surface area contributed by atoms with Crippen molar-refractivity contribution in [3.05, 3.63) is 58.8 Å². The molecule has 2 heterocycles. The number of hydrogen-bond acceptors (Lipinski definition) is 2. The first-order valence-electron chi connectivity index (χ1n) is 9.02. The van der Waals surface area contributed by atoms with Gasteiger partial charge in [0.05, 0.1) is 23.9 Å². The molecule has 3 nitrogen and oxygen atoms in total. The molecule has 3 aliphatic rings. The van der Waals surface area contributed by atoms with Crippen LogP contribution < -0.4 is 0 Å². The Kier molecular flexibility index (Phi) is 4.01. The minimum Gasteiger partial charge on any atom is -0.367 e. The average molecular weight is 333 g/mol. The zero-order valence-corrected chi connectivity index (χ0v) is 14.8. The molecule has 1 amide bonds. The third kappa shape index (κ3) is 3.27. The smallest absolute Gasteiger partial charge is 0.227 e. The molecule has 128 valence electrons. The molecule has 1 aromatic rings. The lowest BCUT2D eigenvalue weighted by Crippen LogP contribution is -2.31. The lowest BCUT2D eigenvalue weighted by Gasteiger charge is -2.28. The molecule has 4 rings (SSSR count). The fourth-order valence-corrected chi connectivity index (χ4v) is 3.56. The van der Waals surface area contributed by atoms with Crippen LogP contribution in [0.4, 0.5) is 0 Å². The maximum atomic E-state index is 13.0. The molecule has 0 spiro atoms. The fraction of sp³-hybridized carbons (Fsp3) is 0.409. The van der Waals surface area contributed by atoms with E-state index in [1.165, 1.54) is 0 Å². The lowest BCUT2D eigenvalue weighted by atomic mass is 9.97. The van der Waals surface area contributed by atoms with Crippen LogP contribution in [0.5, 0.6) is 0 Å². The van der Waals surface area contributed by atoms with Crippen LogP contribution in [0, 0.1) is 11.8 Å². The number of hydrogen-bond donors (Lipinski definition) is 0. The molecule has 1 unspecified atom stereocenters. The summed E-state index contributed by atoms with van der Waals surface area (Å²) in [6.45, 7) is 4.74. The maximum absolute atomic E-state index is 13.0. The van der Waals surface area contributed by atoms with Gasteiger partial charge < -0.3 is 9.64 Å².